The number of anilines is 1. The van der Waals surface area contributed by atoms with Crippen molar-refractivity contribution in [1.82, 2.24) is 4.98 Å². The minimum atomic E-state index is -0.256. The van der Waals surface area contributed by atoms with Gasteiger partial charge in [-0.25, -0.2) is 4.98 Å². The second-order valence-corrected chi connectivity index (χ2v) is 7.81. The number of fused-ring (bicyclic) bond motifs is 1. The predicted molar refractivity (Wildman–Crippen MR) is 127 cm³/mol. The Labute approximate surface area is 185 Å². The molecule has 0 saturated carbocycles. The molecule has 5 nitrogen and oxygen atoms in total. The number of amides is 1. The van der Waals surface area contributed by atoms with E-state index in [1.165, 1.54) is 0 Å². The van der Waals surface area contributed by atoms with Gasteiger partial charge in [0, 0.05) is 5.56 Å². The van der Waals surface area contributed by atoms with E-state index in [1.807, 2.05) is 79.7 Å². The fourth-order valence-electron chi connectivity index (χ4n) is 3.20. The van der Waals surface area contributed by atoms with Gasteiger partial charge in [0.25, 0.3) is 5.91 Å². The number of aromatic nitrogens is 1. The zero-order chi connectivity index (χ0) is 21.6. The van der Waals surface area contributed by atoms with Gasteiger partial charge in [0.15, 0.2) is 18.1 Å². The highest BCUT2D eigenvalue weighted by Gasteiger charge is 2.13. The van der Waals surface area contributed by atoms with Crippen molar-refractivity contribution in [1.29, 1.82) is 0 Å². The lowest BCUT2D eigenvalue weighted by Crippen LogP contribution is -2.20. The first kappa shape index (κ1) is 20.6. The van der Waals surface area contributed by atoms with Crippen molar-refractivity contribution in [3.63, 3.8) is 0 Å². The Morgan fingerprint density at radius 1 is 1.06 bits per heavy atom. The Morgan fingerprint density at radius 3 is 2.68 bits per heavy atom. The van der Waals surface area contributed by atoms with Crippen LogP contribution in [0, 0.1) is 0 Å². The molecule has 0 bridgehead atoms. The number of hydrogen-bond acceptors (Lipinski definition) is 5. The first-order valence-electron chi connectivity index (χ1n) is 9.86. The monoisotopic (exact) mass is 430 g/mol. The van der Waals surface area contributed by atoms with E-state index in [4.69, 9.17) is 14.5 Å². The molecule has 6 heteroatoms. The molecule has 0 atom stereocenters. The second kappa shape index (κ2) is 9.45. The third kappa shape index (κ3) is 4.75. The Bertz CT molecular complexity index is 1210. The SMILES string of the molecule is C/C=C/c1ccc(OCC(=O)Nc2ccccc2-c2nc3ccccc3s2)c(OC)c1. The molecule has 0 spiro atoms. The van der Waals surface area contributed by atoms with Crippen molar-refractivity contribution in [3.8, 4) is 22.1 Å². The first-order chi connectivity index (χ1) is 15.2. The quantitative estimate of drug-likeness (QED) is 0.389. The number of rotatable bonds is 7. The summed E-state index contributed by atoms with van der Waals surface area (Å²) in [5.41, 5.74) is 3.53. The summed E-state index contributed by atoms with van der Waals surface area (Å²) in [5, 5.41) is 3.80. The second-order valence-electron chi connectivity index (χ2n) is 6.78. The third-order valence-corrected chi connectivity index (χ3v) is 5.70. The maximum Gasteiger partial charge on any atom is 0.262 e. The molecular weight excluding hydrogens is 408 g/mol. The molecule has 0 aliphatic carbocycles. The molecule has 0 saturated heterocycles. The average Bonchev–Trinajstić information content (AvgIpc) is 3.23. The number of ether oxygens (including phenoxy) is 2. The summed E-state index contributed by atoms with van der Waals surface area (Å²) in [6, 6.07) is 21.2. The van der Waals surface area contributed by atoms with E-state index < -0.39 is 0 Å². The van der Waals surface area contributed by atoms with Crippen molar-refractivity contribution in [2.75, 3.05) is 19.0 Å². The summed E-state index contributed by atoms with van der Waals surface area (Å²) in [7, 11) is 1.58. The van der Waals surface area contributed by atoms with Crippen LogP contribution in [-0.4, -0.2) is 24.6 Å². The number of nitrogens with one attached hydrogen (secondary N) is 1. The Kier molecular flexibility index (Phi) is 6.29. The highest BCUT2D eigenvalue weighted by atomic mass is 32.1. The predicted octanol–water partition coefficient (Wildman–Crippen LogP) is 6.02. The normalized spacial score (nSPS) is 11.0. The molecule has 4 aromatic rings. The first-order valence-corrected chi connectivity index (χ1v) is 10.7. The van der Waals surface area contributed by atoms with Gasteiger partial charge < -0.3 is 14.8 Å². The van der Waals surface area contributed by atoms with E-state index in [2.05, 4.69) is 5.32 Å². The van der Waals surface area contributed by atoms with E-state index in [-0.39, 0.29) is 12.5 Å². The number of methoxy groups -OCH3 is 1. The molecule has 156 valence electrons. The van der Waals surface area contributed by atoms with E-state index in [0.29, 0.717) is 17.2 Å². The molecule has 0 unspecified atom stereocenters. The lowest BCUT2D eigenvalue weighted by Gasteiger charge is -2.12. The minimum Gasteiger partial charge on any atom is -0.493 e. The highest BCUT2D eigenvalue weighted by molar-refractivity contribution is 7.21. The standard InChI is InChI=1S/C25H22N2O3S/c1-3-8-17-13-14-21(22(15-17)29-2)30-16-24(28)26-19-10-5-4-9-18(19)25-27-20-11-6-7-12-23(20)31-25/h3-15H,16H2,1-2H3,(H,26,28)/b8-3+. The summed E-state index contributed by atoms with van der Waals surface area (Å²) in [4.78, 5) is 17.3. The minimum absolute atomic E-state index is 0.131. The smallest absolute Gasteiger partial charge is 0.262 e. The molecule has 31 heavy (non-hydrogen) atoms. The molecule has 0 aliphatic rings. The van der Waals surface area contributed by atoms with Crippen LogP contribution in [0.1, 0.15) is 12.5 Å². The summed E-state index contributed by atoms with van der Waals surface area (Å²) < 4.78 is 12.2. The van der Waals surface area contributed by atoms with Crippen molar-refractivity contribution in [2.24, 2.45) is 0 Å². The van der Waals surface area contributed by atoms with Crippen LogP contribution >= 0.6 is 11.3 Å². The van der Waals surface area contributed by atoms with Crippen LogP contribution in [0.5, 0.6) is 11.5 Å². The molecular formula is C25H22N2O3S. The Balaban J connectivity index is 1.48. The van der Waals surface area contributed by atoms with Gasteiger partial charge in [-0.05, 0) is 48.9 Å². The molecule has 0 fully saturated rings. The number of allylic oxidation sites excluding steroid dienone is 1. The van der Waals surface area contributed by atoms with E-state index >= 15 is 0 Å². The fraction of sp³-hybridized carbons (Fsp3) is 0.120. The topological polar surface area (TPSA) is 60.5 Å². The summed E-state index contributed by atoms with van der Waals surface area (Å²) in [5.74, 6) is 0.844. The van der Waals surface area contributed by atoms with Crippen molar-refractivity contribution in [3.05, 3.63) is 78.4 Å². The van der Waals surface area contributed by atoms with Gasteiger partial charge >= 0.3 is 0 Å². The van der Waals surface area contributed by atoms with Crippen LogP contribution in [0.3, 0.4) is 0 Å². The van der Waals surface area contributed by atoms with Gasteiger partial charge in [0.05, 0.1) is 23.0 Å². The van der Waals surface area contributed by atoms with E-state index in [0.717, 1.165) is 26.4 Å². The lowest BCUT2D eigenvalue weighted by atomic mass is 10.2. The van der Waals surface area contributed by atoms with Gasteiger partial charge in [-0.2, -0.15) is 0 Å². The molecule has 1 aromatic heterocycles. The van der Waals surface area contributed by atoms with Gasteiger partial charge in [0.1, 0.15) is 5.01 Å². The molecule has 3 aromatic carbocycles. The average molecular weight is 431 g/mol. The molecule has 1 heterocycles. The molecule has 1 amide bonds. The number of carbonyl (C=O) groups is 1. The van der Waals surface area contributed by atoms with E-state index in [1.54, 1.807) is 24.5 Å². The molecule has 0 radical (unpaired) electrons. The van der Waals surface area contributed by atoms with Crippen LogP contribution in [0.4, 0.5) is 5.69 Å². The molecule has 1 N–H and O–H groups in total. The number of para-hydroxylation sites is 2. The number of thiazole rings is 1. The van der Waals surface area contributed by atoms with Gasteiger partial charge in [0.2, 0.25) is 0 Å². The third-order valence-electron chi connectivity index (χ3n) is 4.63. The zero-order valence-corrected chi connectivity index (χ0v) is 18.1. The number of hydrogen-bond donors (Lipinski definition) is 1. The number of benzene rings is 3. The Hall–Kier alpha value is -3.64. The van der Waals surface area contributed by atoms with Crippen LogP contribution < -0.4 is 14.8 Å². The van der Waals surface area contributed by atoms with Gasteiger partial charge in [-0.3, -0.25) is 4.79 Å². The largest absolute Gasteiger partial charge is 0.493 e. The van der Waals surface area contributed by atoms with Crippen molar-refractivity contribution >= 4 is 39.2 Å². The van der Waals surface area contributed by atoms with Crippen LogP contribution in [0.25, 0.3) is 26.9 Å². The van der Waals surface area contributed by atoms with Crippen molar-refractivity contribution in [2.45, 2.75) is 6.92 Å². The van der Waals surface area contributed by atoms with Crippen LogP contribution in [0.15, 0.2) is 72.8 Å². The molecule has 0 aliphatic heterocycles. The summed E-state index contributed by atoms with van der Waals surface area (Å²) in [6.45, 7) is 1.82. The summed E-state index contributed by atoms with van der Waals surface area (Å²) >= 11 is 1.60. The lowest BCUT2D eigenvalue weighted by molar-refractivity contribution is -0.118. The van der Waals surface area contributed by atoms with Gasteiger partial charge in [-0.1, -0.05) is 42.5 Å². The van der Waals surface area contributed by atoms with Crippen LogP contribution in [-0.2, 0) is 4.79 Å². The summed E-state index contributed by atoms with van der Waals surface area (Å²) in [6.07, 6.45) is 3.92. The maximum atomic E-state index is 12.6. The van der Waals surface area contributed by atoms with Gasteiger partial charge in [-0.15, -0.1) is 11.3 Å². The highest BCUT2D eigenvalue weighted by Crippen LogP contribution is 2.34. The number of carbonyl (C=O) groups excluding carboxylic acids is 1. The maximum absolute atomic E-state index is 12.6. The fourth-order valence-corrected chi connectivity index (χ4v) is 4.20. The number of nitrogens with zero attached hydrogens (tertiary/aromatic N) is 1. The zero-order valence-electron chi connectivity index (χ0n) is 17.3. The van der Waals surface area contributed by atoms with Crippen molar-refractivity contribution < 1.29 is 14.3 Å². The van der Waals surface area contributed by atoms with E-state index in [9.17, 15) is 4.79 Å². The Morgan fingerprint density at radius 2 is 1.87 bits per heavy atom. The van der Waals surface area contributed by atoms with Crippen LogP contribution in [0.2, 0.25) is 0 Å². The molecule has 4 rings (SSSR count).